The first-order valence-electron chi connectivity index (χ1n) is 10.2. The molecule has 0 bridgehead atoms. The van der Waals surface area contributed by atoms with Crippen LogP contribution in [-0.2, 0) is 0 Å². The first-order chi connectivity index (χ1) is 16.7. The molecule has 3 rings (SSSR count). The van der Waals surface area contributed by atoms with Crippen LogP contribution >= 0.6 is 11.6 Å². The van der Waals surface area contributed by atoms with Gasteiger partial charge in [-0.2, -0.15) is 4.39 Å². The van der Waals surface area contributed by atoms with Crippen LogP contribution in [0, 0.1) is 17.0 Å². The van der Waals surface area contributed by atoms with Gasteiger partial charge in [0.25, 0.3) is 0 Å². The van der Waals surface area contributed by atoms with Crippen molar-refractivity contribution in [3.05, 3.63) is 70.0 Å². The van der Waals surface area contributed by atoms with Crippen molar-refractivity contribution in [1.29, 1.82) is 5.41 Å². The fourth-order valence-electron chi connectivity index (χ4n) is 3.28. The molecule has 2 aromatic carbocycles. The average molecular weight is 502 g/mol. The summed E-state index contributed by atoms with van der Waals surface area (Å²) in [6.07, 6.45) is 1.78. The van der Waals surface area contributed by atoms with Crippen LogP contribution in [0.2, 0.25) is 5.02 Å². The number of aromatic nitrogens is 2. The van der Waals surface area contributed by atoms with Crippen molar-refractivity contribution in [2.24, 2.45) is 4.99 Å². The monoisotopic (exact) mass is 501 g/mol. The standard InChI is InChI=1S/C23H22ClF2N7O2/c1-11(22(29-2)33-15-6-4-5-14(24)13(15)9-34)32-23-17(21(28)30-10-31-23)20(27)12-7-8-16(35-3)19(26)18(12)25/h4-11,27H,1-3H3,(H,29,33)(H3,28,30,31,32). The number of aliphatic imine (C=N–C) groups is 1. The fraction of sp³-hybridized carbons (Fsp3) is 0.174. The maximum absolute atomic E-state index is 14.7. The molecule has 0 aliphatic carbocycles. The van der Waals surface area contributed by atoms with Gasteiger partial charge in [-0.25, -0.2) is 19.4 Å². The van der Waals surface area contributed by atoms with Crippen LogP contribution in [0.1, 0.15) is 28.4 Å². The van der Waals surface area contributed by atoms with Gasteiger partial charge in [0.05, 0.1) is 40.7 Å². The second-order valence-electron chi connectivity index (χ2n) is 7.20. The van der Waals surface area contributed by atoms with Gasteiger partial charge in [-0.3, -0.25) is 10.2 Å². The van der Waals surface area contributed by atoms with Gasteiger partial charge in [0, 0.05) is 12.6 Å². The number of methoxy groups -OCH3 is 1. The van der Waals surface area contributed by atoms with Gasteiger partial charge in [0.1, 0.15) is 23.8 Å². The molecule has 0 amide bonds. The molecular weight excluding hydrogens is 480 g/mol. The molecule has 35 heavy (non-hydrogen) atoms. The summed E-state index contributed by atoms with van der Waals surface area (Å²) in [6.45, 7) is 1.74. The van der Waals surface area contributed by atoms with Crippen molar-refractivity contribution in [1.82, 2.24) is 15.3 Å². The number of halogens is 3. The van der Waals surface area contributed by atoms with E-state index in [-0.39, 0.29) is 39.1 Å². The fourth-order valence-corrected chi connectivity index (χ4v) is 3.50. The van der Waals surface area contributed by atoms with E-state index < -0.39 is 23.4 Å². The number of nitrogens with zero attached hydrogens (tertiary/aromatic N) is 3. The molecule has 3 aromatic rings. The topological polar surface area (TPSA) is 138 Å². The van der Waals surface area contributed by atoms with Gasteiger partial charge in [-0.05, 0) is 31.2 Å². The summed E-state index contributed by atoms with van der Waals surface area (Å²) in [4.78, 5) is 24.0. The first kappa shape index (κ1) is 25.5. The molecule has 0 fully saturated rings. The SMILES string of the molecule is CN/C(=N\c1cccc(Cl)c1C=O)C(C)Nc1ncnc(N)c1C(=N)c1ccc(OC)c(F)c1F. The van der Waals surface area contributed by atoms with Crippen molar-refractivity contribution >= 4 is 46.8 Å². The number of aldehydes is 1. The summed E-state index contributed by atoms with van der Waals surface area (Å²) >= 11 is 6.08. The number of carbonyl (C=O) groups is 1. The Hall–Kier alpha value is -4.12. The highest BCUT2D eigenvalue weighted by Crippen LogP contribution is 2.28. The molecule has 182 valence electrons. The zero-order valence-corrected chi connectivity index (χ0v) is 19.7. The van der Waals surface area contributed by atoms with Gasteiger partial charge >= 0.3 is 0 Å². The molecule has 5 N–H and O–H groups in total. The molecule has 0 saturated carbocycles. The highest BCUT2D eigenvalue weighted by molar-refractivity contribution is 6.33. The van der Waals surface area contributed by atoms with Crippen LogP contribution in [0.15, 0.2) is 41.7 Å². The Bertz CT molecular complexity index is 1320. The molecule has 0 saturated heterocycles. The maximum atomic E-state index is 14.7. The van der Waals surface area contributed by atoms with E-state index in [0.29, 0.717) is 17.8 Å². The van der Waals surface area contributed by atoms with E-state index >= 15 is 0 Å². The predicted molar refractivity (Wildman–Crippen MR) is 131 cm³/mol. The van der Waals surface area contributed by atoms with Crippen molar-refractivity contribution in [2.45, 2.75) is 13.0 Å². The Balaban J connectivity index is 2.00. The molecule has 0 spiro atoms. The summed E-state index contributed by atoms with van der Waals surface area (Å²) < 4.78 is 33.7. The Morgan fingerprint density at radius 1 is 1.26 bits per heavy atom. The van der Waals surface area contributed by atoms with Crippen LogP contribution in [-0.4, -0.2) is 48.0 Å². The van der Waals surface area contributed by atoms with E-state index in [9.17, 15) is 13.6 Å². The van der Waals surface area contributed by atoms with Crippen LogP contribution in [0.4, 0.5) is 26.1 Å². The molecule has 1 unspecified atom stereocenters. The highest BCUT2D eigenvalue weighted by Gasteiger charge is 2.24. The molecule has 12 heteroatoms. The molecule has 1 heterocycles. The second kappa shape index (κ2) is 10.9. The number of nitrogens with two attached hydrogens (primary N) is 1. The van der Waals surface area contributed by atoms with Gasteiger partial charge < -0.3 is 21.1 Å². The Morgan fingerprint density at radius 3 is 2.66 bits per heavy atom. The van der Waals surface area contributed by atoms with E-state index in [4.69, 9.17) is 27.5 Å². The zero-order valence-electron chi connectivity index (χ0n) is 19.0. The number of hydrogen-bond donors (Lipinski definition) is 4. The first-order valence-corrected chi connectivity index (χ1v) is 10.6. The summed E-state index contributed by atoms with van der Waals surface area (Å²) in [5.41, 5.74) is 5.75. The zero-order chi connectivity index (χ0) is 25.7. The third-order valence-electron chi connectivity index (χ3n) is 5.07. The number of nitrogen functional groups attached to an aromatic ring is 1. The summed E-state index contributed by atoms with van der Waals surface area (Å²) in [6, 6.07) is 6.72. The third kappa shape index (κ3) is 5.19. The quantitative estimate of drug-likeness (QED) is 0.208. The predicted octanol–water partition coefficient (Wildman–Crippen LogP) is 3.98. The van der Waals surface area contributed by atoms with Crippen LogP contribution in [0.25, 0.3) is 0 Å². The van der Waals surface area contributed by atoms with E-state index in [1.54, 1.807) is 32.2 Å². The Kier molecular flexibility index (Phi) is 7.92. The lowest BCUT2D eigenvalue weighted by Gasteiger charge is -2.20. The number of carbonyl (C=O) groups excluding carboxylic acids is 1. The van der Waals surface area contributed by atoms with Crippen molar-refractivity contribution in [3.8, 4) is 5.75 Å². The largest absolute Gasteiger partial charge is 0.494 e. The molecular formula is C23H22ClF2N7O2. The van der Waals surface area contributed by atoms with Crippen molar-refractivity contribution in [2.75, 3.05) is 25.2 Å². The highest BCUT2D eigenvalue weighted by atomic mass is 35.5. The van der Waals surface area contributed by atoms with Gasteiger partial charge in [0.15, 0.2) is 17.9 Å². The Morgan fingerprint density at radius 2 is 2.00 bits per heavy atom. The van der Waals surface area contributed by atoms with E-state index in [1.165, 1.54) is 25.6 Å². The number of benzene rings is 2. The lowest BCUT2D eigenvalue weighted by atomic mass is 10.0. The van der Waals surface area contributed by atoms with Gasteiger partial charge in [-0.1, -0.05) is 17.7 Å². The van der Waals surface area contributed by atoms with E-state index in [2.05, 4.69) is 25.6 Å². The lowest BCUT2D eigenvalue weighted by molar-refractivity contribution is 0.112. The molecule has 0 aliphatic rings. The van der Waals surface area contributed by atoms with Crippen LogP contribution < -0.4 is 21.1 Å². The van der Waals surface area contributed by atoms with Crippen LogP contribution in [0.3, 0.4) is 0 Å². The molecule has 0 aliphatic heterocycles. The van der Waals surface area contributed by atoms with Gasteiger partial charge in [-0.15, -0.1) is 0 Å². The van der Waals surface area contributed by atoms with Crippen LogP contribution in [0.5, 0.6) is 5.75 Å². The molecule has 9 nitrogen and oxygen atoms in total. The average Bonchev–Trinajstić information content (AvgIpc) is 2.84. The van der Waals surface area contributed by atoms with E-state index in [1.807, 2.05) is 0 Å². The molecule has 1 aromatic heterocycles. The van der Waals surface area contributed by atoms with Crippen molar-refractivity contribution < 1.29 is 18.3 Å². The number of rotatable bonds is 8. The number of nitrogens with one attached hydrogen (secondary N) is 3. The van der Waals surface area contributed by atoms with Crippen molar-refractivity contribution in [3.63, 3.8) is 0 Å². The summed E-state index contributed by atoms with van der Waals surface area (Å²) in [7, 11) is 2.84. The lowest BCUT2D eigenvalue weighted by Crippen LogP contribution is -2.36. The molecule has 1 atom stereocenters. The second-order valence-corrected chi connectivity index (χ2v) is 7.61. The number of amidine groups is 1. The smallest absolute Gasteiger partial charge is 0.201 e. The number of anilines is 2. The number of likely N-dealkylation sites (N-methyl/N-ethyl adjacent to an activating group) is 1. The summed E-state index contributed by atoms with van der Waals surface area (Å²) in [5.74, 6) is -2.42. The Labute approximate surface area is 204 Å². The maximum Gasteiger partial charge on any atom is 0.201 e. The molecule has 0 radical (unpaired) electrons. The minimum atomic E-state index is -1.27. The minimum absolute atomic E-state index is 0.0328. The van der Waals surface area contributed by atoms with Gasteiger partial charge in [0.2, 0.25) is 5.82 Å². The third-order valence-corrected chi connectivity index (χ3v) is 5.40. The normalized spacial score (nSPS) is 12.1. The summed E-state index contributed by atoms with van der Waals surface area (Å²) in [5, 5.41) is 14.8. The minimum Gasteiger partial charge on any atom is -0.494 e. The number of hydrogen-bond acceptors (Lipinski definition) is 8. The number of ether oxygens (including phenoxy) is 1. The van der Waals surface area contributed by atoms with E-state index in [0.717, 1.165) is 0 Å².